The van der Waals surface area contributed by atoms with Crippen LogP contribution in [0.2, 0.25) is 0 Å². The van der Waals surface area contributed by atoms with E-state index in [-0.39, 0.29) is 24.4 Å². The van der Waals surface area contributed by atoms with E-state index in [0.29, 0.717) is 13.2 Å². The van der Waals surface area contributed by atoms with Crippen LogP contribution in [-0.4, -0.2) is 25.4 Å². The first-order valence-electron chi connectivity index (χ1n) is 46.8. The Balaban J connectivity index is 0.438. The third-order valence-electron chi connectivity index (χ3n) is 30.9. The molecule has 0 radical (unpaired) electrons. The molecule has 612 valence electrons. The van der Waals surface area contributed by atoms with Gasteiger partial charge >= 0.3 is 0 Å². The molecule has 2 heterocycles. The van der Waals surface area contributed by atoms with Crippen molar-refractivity contribution < 1.29 is 14.2 Å². The predicted molar refractivity (Wildman–Crippen MR) is 569 cm³/mol. The molecule has 3 nitrogen and oxygen atoms in total. The first-order chi connectivity index (χ1) is 65.5. The van der Waals surface area contributed by atoms with Crippen LogP contribution in [0.1, 0.15) is 23.3 Å². The molecule has 0 amide bonds. The molecule has 0 aliphatic carbocycles. The third-order valence-corrected chi connectivity index (χ3v) is 30.9. The summed E-state index contributed by atoms with van der Waals surface area (Å²) in [5.41, 5.74) is 2.28. The van der Waals surface area contributed by atoms with E-state index in [0.717, 1.165) is 11.1 Å². The molecule has 3 heteroatoms. The van der Waals surface area contributed by atoms with Crippen molar-refractivity contribution in [3.63, 3.8) is 0 Å². The Morgan fingerprint density at radius 1 is 0.135 bits per heavy atom. The van der Waals surface area contributed by atoms with E-state index < -0.39 is 0 Å². The SMILES string of the molecule is c1ccc2cc3cc4cc5cc6cc7cc8c(ccc9cc%10cc%11cc%12cc%13cc%14cc%15cccc(C(OC(c%16cccc%17cc%18cc%19cc%20cc%21cc%22cc%23ccc%24cc%25cc%26cc%27cc%28cc%29cc%30ccccc%30cc%29cc%28cc%27cc%26cc%25cc%24c%23cc%22cc%21cc%20cc%19cc%18cc%16%17)C%16CO%16)C%16CO%16)c%15cc%14cc%13cc%12cc%11cc%10cc98)cc7cc6cc5cc4cc3cc2c1. The van der Waals surface area contributed by atoms with Crippen LogP contribution < -0.4 is 0 Å². The van der Waals surface area contributed by atoms with Gasteiger partial charge in [0.25, 0.3) is 0 Å². The molecule has 2 fully saturated rings. The van der Waals surface area contributed by atoms with Crippen molar-refractivity contribution >= 4 is 302 Å². The Morgan fingerprint density at radius 2 is 0.263 bits per heavy atom. The van der Waals surface area contributed by atoms with Crippen LogP contribution >= 0.6 is 0 Å². The fourth-order valence-electron chi connectivity index (χ4n) is 24.0. The second-order valence-corrected chi connectivity index (χ2v) is 39.0. The fraction of sp³-hybridized carbons (Fsp3) is 0.0462. The summed E-state index contributed by atoms with van der Waals surface area (Å²) in [7, 11) is 0. The quantitative estimate of drug-likeness (QED) is 0.0945. The lowest BCUT2D eigenvalue weighted by Crippen LogP contribution is -2.19. The molecule has 0 aromatic heterocycles. The highest BCUT2D eigenvalue weighted by Crippen LogP contribution is 2.49. The van der Waals surface area contributed by atoms with E-state index in [2.05, 4.69) is 400 Å². The standard InChI is InChI=1S/C130H74O3/c1-3-9-71-21-81-31-91-41-103-49-109-57-115-63-123-75(25-85(115)35-95(109)45-99(103)39-89(91)29-79(81)19-69(71)7-1)15-17-77-27-87-37-97-47-101-43-93-33-83-23-73-11-5-13-119(121(73)61-113(83)55-107(93)51-105(101)53-111(97)59-117(87)65-125(77)123)129(127-67-131-127)133-130(128-68-132-128)120-14-6-12-74-24-84-34-94-44-102-48-98-38-88-28-78-18-16-76-26-86-36-96-46-100-40-90-30-80-20-70-8-2-4-10-72(70)22-82(80)32-92(90)42-104(100)50-110(96)58-116(86)64-124(76)126(78)66-118(88)60-112(98)54-106(102)52-108(94)56-114(84)62-122(74)120/h1-66,127-130H,67-68H2. The molecule has 2 saturated heterocycles. The highest BCUT2D eigenvalue weighted by atomic mass is 16.6. The number of epoxide rings is 2. The summed E-state index contributed by atoms with van der Waals surface area (Å²) < 4.78 is 20.3. The Kier molecular flexibility index (Phi) is 14.2. The molecule has 133 heavy (non-hydrogen) atoms. The van der Waals surface area contributed by atoms with E-state index in [4.69, 9.17) is 14.2 Å². The average Bonchev–Trinajstić information content (AvgIpc) is 1.11. The van der Waals surface area contributed by atoms with E-state index >= 15 is 0 Å². The molecule has 0 spiro atoms. The van der Waals surface area contributed by atoms with Gasteiger partial charge in [-0.25, -0.2) is 0 Å². The van der Waals surface area contributed by atoms with Gasteiger partial charge in [0.1, 0.15) is 24.4 Å². The number of fused-ring (bicyclic) bond motifs is 30. The Bertz CT molecular complexity index is 10200. The Hall–Kier alpha value is -16.2. The summed E-state index contributed by atoms with van der Waals surface area (Å²) in [6.45, 7) is 1.28. The average molecular weight is 1680 g/mol. The zero-order valence-corrected chi connectivity index (χ0v) is 72.1. The summed E-state index contributed by atoms with van der Waals surface area (Å²) in [6, 6.07) is 155. The molecule has 30 aromatic rings. The third kappa shape index (κ3) is 11.2. The number of benzene rings is 30. The maximum absolute atomic E-state index is 7.63. The van der Waals surface area contributed by atoms with Gasteiger partial charge in [-0.3, -0.25) is 0 Å². The molecule has 2 aliphatic heterocycles. The lowest BCUT2D eigenvalue weighted by Gasteiger charge is -2.26. The van der Waals surface area contributed by atoms with Crippen molar-refractivity contribution in [2.24, 2.45) is 0 Å². The molecule has 4 atom stereocenters. The van der Waals surface area contributed by atoms with Gasteiger partial charge in [-0.05, 0) is 604 Å². The normalized spacial score (nSPS) is 15.1. The van der Waals surface area contributed by atoms with E-state index in [1.807, 2.05) is 0 Å². The van der Waals surface area contributed by atoms with Crippen LogP contribution in [0.5, 0.6) is 0 Å². The molecule has 32 rings (SSSR count). The molecular formula is C130H74O3. The molecule has 4 unspecified atom stereocenters. The van der Waals surface area contributed by atoms with Gasteiger partial charge in [0.2, 0.25) is 0 Å². The maximum atomic E-state index is 7.63. The van der Waals surface area contributed by atoms with E-state index in [9.17, 15) is 0 Å². The topological polar surface area (TPSA) is 34.3 Å². The zero-order chi connectivity index (χ0) is 86.0. The summed E-state index contributed by atoms with van der Waals surface area (Å²) >= 11 is 0. The number of rotatable bonds is 6. The van der Waals surface area contributed by atoms with Crippen molar-refractivity contribution in [2.75, 3.05) is 13.2 Å². The molecule has 0 saturated carbocycles. The summed E-state index contributed by atoms with van der Waals surface area (Å²) in [5.74, 6) is 0. The highest BCUT2D eigenvalue weighted by Gasteiger charge is 2.43. The number of hydrogen-bond donors (Lipinski definition) is 0. The van der Waals surface area contributed by atoms with Gasteiger partial charge in [-0.15, -0.1) is 0 Å². The smallest absolute Gasteiger partial charge is 0.112 e. The van der Waals surface area contributed by atoms with Crippen LogP contribution in [0, 0.1) is 0 Å². The second-order valence-electron chi connectivity index (χ2n) is 39.0. The lowest BCUT2D eigenvalue weighted by atomic mass is 9.91. The first-order valence-corrected chi connectivity index (χ1v) is 46.8. The summed E-state index contributed by atoms with van der Waals surface area (Å²) in [6.07, 6.45) is -0.823. The number of ether oxygens (including phenoxy) is 3. The number of hydrogen-bond acceptors (Lipinski definition) is 3. The minimum Gasteiger partial charge on any atom is -0.370 e. The van der Waals surface area contributed by atoms with Gasteiger partial charge in [-0.1, -0.05) is 109 Å². The van der Waals surface area contributed by atoms with Crippen LogP contribution in [-0.2, 0) is 14.2 Å². The largest absolute Gasteiger partial charge is 0.370 e. The van der Waals surface area contributed by atoms with Crippen molar-refractivity contribution in [1.29, 1.82) is 0 Å². The van der Waals surface area contributed by atoms with Crippen molar-refractivity contribution in [1.82, 2.24) is 0 Å². The van der Waals surface area contributed by atoms with Gasteiger partial charge in [-0.2, -0.15) is 0 Å². The van der Waals surface area contributed by atoms with E-state index in [1.54, 1.807) is 0 Å². The molecule has 0 N–H and O–H groups in total. The van der Waals surface area contributed by atoms with Crippen LogP contribution in [0.4, 0.5) is 0 Å². The van der Waals surface area contributed by atoms with Gasteiger partial charge < -0.3 is 14.2 Å². The van der Waals surface area contributed by atoms with Crippen molar-refractivity contribution in [3.8, 4) is 0 Å². The summed E-state index contributed by atoms with van der Waals surface area (Å²) in [4.78, 5) is 0. The minimum atomic E-state index is -0.326. The van der Waals surface area contributed by atoms with Crippen LogP contribution in [0.3, 0.4) is 0 Å². The lowest BCUT2D eigenvalue weighted by molar-refractivity contribution is -0.0405. The van der Waals surface area contributed by atoms with Gasteiger partial charge in [0.05, 0.1) is 13.2 Å². The molecular weight excluding hydrogens is 1610 g/mol. The minimum absolute atomic E-state index is 0.0856. The monoisotopic (exact) mass is 1680 g/mol. The summed E-state index contributed by atoms with van der Waals surface area (Å²) in [5, 5.41) is 69.8. The highest BCUT2D eigenvalue weighted by molar-refractivity contribution is 6.24. The Morgan fingerprint density at radius 3 is 0.429 bits per heavy atom. The van der Waals surface area contributed by atoms with Crippen molar-refractivity contribution in [3.05, 3.63) is 412 Å². The zero-order valence-electron chi connectivity index (χ0n) is 72.1. The van der Waals surface area contributed by atoms with Crippen LogP contribution in [0.25, 0.3) is 302 Å². The van der Waals surface area contributed by atoms with Gasteiger partial charge in [0.15, 0.2) is 0 Å². The van der Waals surface area contributed by atoms with Crippen molar-refractivity contribution in [2.45, 2.75) is 24.4 Å². The predicted octanol–water partition coefficient (Wildman–Crippen LogP) is 35.6. The fourth-order valence-corrected chi connectivity index (χ4v) is 24.0. The molecule has 2 aliphatic rings. The van der Waals surface area contributed by atoms with E-state index in [1.165, 1.54) is 302 Å². The maximum Gasteiger partial charge on any atom is 0.112 e. The molecule has 0 bridgehead atoms. The Labute approximate surface area is 759 Å². The second kappa shape index (κ2) is 26.3. The first kappa shape index (κ1) is 71.7. The molecule has 30 aromatic carbocycles. The van der Waals surface area contributed by atoms with Crippen LogP contribution in [0.15, 0.2) is 400 Å². The van der Waals surface area contributed by atoms with Gasteiger partial charge in [0, 0.05) is 0 Å².